The predicted molar refractivity (Wildman–Crippen MR) is 93.8 cm³/mol. The molecule has 100 valence electrons. The van der Waals surface area contributed by atoms with Crippen molar-refractivity contribution in [2.75, 3.05) is 0 Å². The number of rotatable bonds is 1. The van der Waals surface area contributed by atoms with Gasteiger partial charge < -0.3 is 0 Å². The van der Waals surface area contributed by atoms with Gasteiger partial charge in [-0.15, -0.1) is 0 Å². The first-order valence-electron chi connectivity index (χ1n) is 6.94. The fourth-order valence-electron chi connectivity index (χ4n) is 3.09. The Labute approximate surface area is 128 Å². The van der Waals surface area contributed by atoms with E-state index in [1.165, 1.54) is 26.9 Å². The van der Waals surface area contributed by atoms with Gasteiger partial charge >= 0.3 is 0 Å². The molecular formula is C20H13Cl. The average Bonchev–Trinajstić information content (AvgIpc) is 2.53. The van der Waals surface area contributed by atoms with Crippen molar-refractivity contribution in [3.05, 3.63) is 78.9 Å². The highest BCUT2D eigenvalue weighted by atomic mass is 35.5. The monoisotopic (exact) mass is 288 g/mol. The number of hydrogen-bond acceptors (Lipinski definition) is 0. The lowest BCUT2D eigenvalue weighted by Crippen LogP contribution is -1.86. The first-order chi connectivity index (χ1) is 10.3. The van der Waals surface area contributed by atoms with Crippen LogP contribution in [0.25, 0.3) is 37.3 Å². The standard InChI is InChI=1S/C20H13Cl/c1-13(21)19-12-20-15-7-3-2-6-14(15)10-11-18(20)16-8-4-5-9-17(16)19/h2-12H,1H2. The maximum atomic E-state index is 6.24. The van der Waals surface area contributed by atoms with E-state index in [1.807, 2.05) is 6.07 Å². The van der Waals surface area contributed by atoms with Crippen molar-refractivity contribution in [2.24, 2.45) is 0 Å². The van der Waals surface area contributed by atoms with E-state index in [0.717, 1.165) is 10.9 Å². The Hall–Kier alpha value is -2.31. The molecule has 1 heteroatoms. The summed E-state index contributed by atoms with van der Waals surface area (Å²) in [5.41, 5.74) is 1.01. The molecule has 4 aromatic carbocycles. The summed E-state index contributed by atoms with van der Waals surface area (Å²) in [6.45, 7) is 3.93. The van der Waals surface area contributed by atoms with Crippen LogP contribution in [-0.4, -0.2) is 0 Å². The van der Waals surface area contributed by atoms with Gasteiger partial charge in [-0.25, -0.2) is 0 Å². The summed E-state index contributed by atoms with van der Waals surface area (Å²) in [6.07, 6.45) is 0. The minimum absolute atomic E-state index is 0.584. The lowest BCUT2D eigenvalue weighted by atomic mass is 9.94. The molecule has 0 saturated carbocycles. The largest absolute Gasteiger partial charge is 0.0843 e. The van der Waals surface area contributed by atoms with Crippen LogP contribution in [0.3, 0.4) is 0 Å². The van der Waals surface area contributed by atoms with E-state index >= 15 is 0 Å². The first-order valence-corrected chi connectivity index (χ1v) is 7.31. The lowest BCUT2D eigenvalue weighted by molar-refractivity contribution is 1.74. The molecule has 0 spiro atoms. The van der Waals surface area contributed by atoms with Gasteiger partial charge in [-0.3, -0.25) is 0 Å². The van der Waals surface area contributed by atoms with E-state index in [4.69, 9.17) is 11.6 Å². The van der Waals surface area contributed by atoms with Gasteiger partial charge in [-0.1, -0.05) is 78.8 Å². The number of fused-ring (bicyclic) bond motifs is 5. The third-order valence-electron chi connectivity index (χ3n) is 4.06. The van der Waals surface area contributed by atoms with E-state index < -0.39 is 0 Å². The van der Waals surface area contributed by atoms with Crippen LogP contribution in [0.4, 0.5) is 0 Å². The molecule has 0 nitrogen and oxygen atoms in total. The minimum atomic E-state index is 0.584. The second-order valence-electron chi connectivity index (χ2n) is 5.26. The second-order valence-corrected chi connectivity index (χ2v) is 5.71. The highest BCUT2D eigenvalue weighted by Crippen LogP contribution is 2.36. The minimum Gasteiger partial charge on any atom is -0.0843 e. The summed E-state index contributed by atoms with van der Waals surface area (Å²) < 4.78 is 0. The van der Waals surface area contributed by atoms with Crippen molar-refractivity contribution in [3.63, 3.8) is 0 Å². The van der Waals surface area contributed by atoms with E-state index in [0.29, 0.717) is 5.03 Å². The van der Waals surface area contributed by atoms with Crippen LogP contribution < -0.4 is 0 Å². The van der Waals surface area contributed by atoms with Gasteiger partial charge in [-0.05, 0) is 38.4 Å². The van der Waals surface area contributed by atoms with Crippen molar-refractivity contribution >= 4 is 49.0 Å². The summed E-state index contributed by atoms with van der Waals surface area (Å²) in [4.78, 5) is 0. The van der Waals surface area contributed by atoms with Crippen LogP contribution in [0.15, 0.2) is 73.3 Å². The molecule has 0 fully saturated rings. The fraction of sp³-hybridized carbons (Fsp3) is 0. The third-order valence-corrected chi connectivity index (χ3v) is 4.26. The van der Waals surface area contributed by atoms with Crippen molar-refractivity contribution < 1.29 is 0 Å². The molecule has 0 atom stereocenters. The molecule has 0 radical (unpaired) electrons. The Bertz CT molecular complexity index is 1010. The molecule has 0 aliphatic rings. The normalized spacial score (nSPS) is 11.3. The Morgan fingerprint density at radius 2 is 1.29 bits per heavy atom. The smallest absolute Gasteiger partial charge is 0.0413 e. The van der Waals surface area contributed by atoms with Crippen LogP contribution >= 0.6 is 11.6 Å². The lowest BCUT2D eigenvalue weighted by Gasteiger charge is -2.11. The topological polar surface area (TPSA) is 0 Å². The maximum absolute atomic E-state index is 6.24. The molecule has 21 heavy (non-hydrogen) atoms. The van der Waals surface area contributed by atoms with Gasteiger partial charge in [0.25, 0.3) is 0 Å². The Kier molecular flexibility index (Phi) is 2.73. The molecule has 0 unspecified atom stereocenters. The van der Waals surface area contributed by atoms with Crippen LogP contribution in [0.1, 0.15) is 5.56 Å². The van der Waals surface area contributed by atoms with E-state index in [-0.39, 0.29) is 0 Å². The zero-order valence-corrected chi connectivity index (χ0v) is 12.2. The molecule has 0 amide bonds. The molecule has 0 N–H and O–H groups in total. The Morgan fingerprint density at radius 1 is 0.667 bits per heavy atom. The first kappa shape index (κ1) is 12.4. The van der Waals surface area contributed by atoms with Crippen molar-refractivity contribution in [1.82, 2.24) is 0 Å². The van der Waals surface area contributed by atoms with Gasteiger partial charge in [0.2, 0.25) is 0 Å². The highest BCUT2D eigenvalue weighted by Gasteiger charge is 2.09. The quantitative estimate of drug-likeness (QED) is 0.358. The summed E-state index contributed by atoms with van der Waals surface area (Å²) in [6, 6.07) is 23.3. The zero-order chi connectivity index (χ0) is 14.4. The van der Waals surface area contributed by atoms with Crippen LogP contribution in [0.2, 0.25) is 0 Å². The molecule has 0 bridgehead atoms. The molecule has 4 rings (SSSR count). The molecular weight excluding hydrogens is 276 g/mol. The molecule has 4 aromatic rings. The van der Waals surface area contributed by atoms with Crippen LogP contribution in [0.5, 0.6) is 0 Å². The fourth-order valence-corrected chi connectivity index (χ4v) is 3.24. The van der Waals surface area contributed by atoms with Gasteiger partial charge in [0, 0.05) is 10.6 Å². The van der Waals surface area contributed by atoms with Crippen molar-refractivity contribution in [3.8, 4) is 0 Å². The summed E-state index contributed by atoms with van der Waals surface area (Å²) in [5.74, 6) is 0. The number of halogens is 1. The Balaban J connectivity index is 2.32. The van der Waals surface area contributed by atoms with Crippen molar-refractivity contribution in [1.29, 1.82) is 0 Å². The molecule has 0 heterocycles. The number of benzene rings is 4. The number of hydrogen-bond donors (Lipinski definition) is 0. The SMILES string of the molecule is C=C(Cl)c1cc2c3ccccc3ccc2c2ccccc12. The molecule has 0 aliphatic carbocycles. The summed E-state index contributed by atoms with van der Waals surface area (Å²) in [7, 11) is 0. The Morgan fingerprint density at radius 3 is 2.05 bits per heavy atom. The molecule has 0 aliphatic heterocycles. The average molecular weight is 289 g/mol. The van der Waals surface area contributed by atoms with E-state index in [2.05, 4.69) is 67.2 Å². The third kappa shape index (κ3) is 1.84. The maximum Gasteiger partial charge on any atom is 0.0413 e. The van der Waals surface area contributed by atoms with E-state index in [9.17, 15) is 0 Å². The summed E-state index contributed by atoms with van der Waals surface area (Å²) in [5, 5.41) is 7.93. The van der Waals surface area contributed by atoms with Gasteiger partial charge in [0.1, 0.15) is 0 Å². The summed E-state index contributed by atoms with van der Waals surface area (Å²) >= 11 is 6.24. The van der Waals surface area contributed by atoms with Crippen molar-refractivity contribution in [2.45, 2.75) is 0 Å². The van der Waals surface area contributed by atoms with Crippen LogP contribution in [-0.2, 0) is 0 Å². The van der Waals surface area contributed by atoms with E-state index in [1.54, 1.807) is 0 Å². The molecule has 0 aromatic heterocycles. The van der Waals surface area contributed by atoms with Gasteiger partial charge in [0.05, 0.1) is 0 Å². The predicted octanol–water partition coefficient (Wildman–Crippen LogP) is 6.36. The molecule has 0 saturated heterocycles. The van der Waals surface area contributed by atoms with Gasteiger partial charge in [-0.2, -0.15) is 0 Å². The zero-order valence-electron chi connectivity index (χ0n) is 11.4. The second kappa shape index (κ2) is 4.61. The van der Waals surface area contributed by atoms with Gasteiger partial charge in [0.15, 0.2) is 0 Å². The van der Waals surface area contributed by atoms with Crippen LogP contribution in [0, 0.1) is 0 Å². The highest BCUT2D eigenvalue weighted by molar-refractivity contribution is 6.49.